The molecule has 0 amide bonds. The molecule has 0 bridgehead atoms. The van der Waals surface area contributed by atoms with Crippen LogP contribution in [0.1, 0.15) is 49.9 Å². The van der Waals surface area contributed by atoms with E-state index in [2.05, 4.69) is 64.1 Å². The smallest absolute Gasteiger partial charge is 0.258 e. The third-order valence-corrected chi connectivity index (χ3v) is 6.57. The van der Waals surface area contributed by atoms with Crippen LogP contribution in [0.3, 0.4) is 0 Å². The standard InChI is InChI=1S/C24H21NO2/c1-23(2)19-8-6-5-7-15(19)17-12-22-18(13-21(17)23)16-10-9-14(25(26)27)11-20(16)24(22,3)4/h5-13H,1-4H3. The van der Waals surface area contributed by atoms with E-state index in [1.807, 2.05) is 6.07 Å². The Morgan fingerprint density at radius 2 is 1.19 bits per heavy atom. The predicted octanol–water partition coefficient (Wildman–Crippen LogP) is 6.21. The van der Waals surface area contributed by atoms with Crippen molar-refractivity contribution in [1.82, 2.24) is 0 Å². The summed E-state index contributed by atoms with van der Waals surface area (Å²) in [4.78, 5) is 11.0. The molecule has 0 saturated carbocycles. The van der Waals surface area contributed by atoms with E-state index in [1.54, 1.807) is 12.1 Å². The molecule has 0 radical (unpaired) electrons. The van der Waals surface area contributed by atoms with Crippen molar-refractivity contribution in [3.8, 4) is 22.3 Å². The van der Waals surface area contributed by atoms with Crippen molar-refractivity contribution in [2.45, 2.75) is 38.5 Å². The molecular weight excluding hydrogens is 334 g/mol. The van der Waals surface area contributed by atoms with Crippen molar-refractivity contribution in [3.05, 3.63) is 87.0 Å². The number of benzene rings is 3. The van der Waals surface area contributed by atoms with Gasteiger partial charge in [0.25, 0.3) is 5.69 Å². The molecule has 0 atom stereocenters. The van der Waals surface area contributed by atoms with Crippen molar-refractivity contribution in [2.24, 2.45) is 0 Å². The first kappa shape index (κ1) is 16.2. The Balaban J connectivity index is 1.81. The fourth-order valence-corrected chi connectivity index (χ4v) is 5.03. The number of fused-ring (bicyclic) bond motifs is 6. The third kappa shape index (κ3) is 1.92. The lowest BCUT2D eigenvalue weighted by Crippen LogP contribution is -2.17. The van der Waals surface area contributed by atoms with E-state index in [-0.39, 0.29) is 21.4 Å². The van der Waals surface area contributed by atoms with Crippen molar-refractivity contribution in [3.63, 3.8) is 0 Å². The lowest BCUT2D eigenvalue weighted by Gasteiger charge is -2.24. The second kappa shape index (κ2) is 4.86. The molecule has 134 valence electrons. The van der Waals surface area contributed by atoms with Gasteiger partial charge in [-0.05, 0) is 62.7 Å². The van der Waals surface area contributed by atoms with Crippen molar-refractivity contribution in [2.75, 3.05) is 0 Å². The van der Waals surface area contributed by atoms with Crippen LogP contribution in [0.2, 0.25) is 0 Å². The topological polar surface area (TPSA) is 43.1 Å². The molecule has 0 fully saturated rings. The number of nitrogens with zero attached hydrogens (tertiary/aromatic N) is 1. The fraction of sp³-hybridized carbons (Fsp3) is 0.250. The van der Waals surface area contributed by atoms with Crippen LogP contribution in [0.15, 0.2) is 54.6 Å². The summed E-state index contributed by atoms with van der Waals surface area (Å²) in [5.74, 6) is 0. The van der Waals surface area contributed by atoms with E-state index in [0.717, 1.165) is 11.1 Å². The Morgan fingerprint density at radius 3 is 1.81 bits per heavy atom. The molecule has 0 aliphatic heterocycles. The lowest BCUT2D eigenvalue weighted by atomic mass is 9.79. The van der Waals surface area contributed by atoms with Crippen molar-refractivity contribution >= 4 is 5.69 Å². The van der Waals surface area contributed by atoms with Gasteiger partial charge in [0.05, 0.1) is 4.92 Å². The maximum Gasteiger partial charge on any atom is 0.269 e. The Labute approximate surface area is 158 Å². The van der Waals surface area contributed by atoms with Crippen molar-refractivity contribution < 1.29 is 4.92 Å². The van der Waals surface area contributed by atoms with Crippen LogP contribution in [0.4, 0.5) is 5.69 Å². The molecule has 5 rings (SSSR count). The summed E-state index contributed by atoms with van der Waals surface area (Å²) >= 11 is 0. The highest BCUT2D eigenvalue weighted by molar-refractivity contribution is 5.89. The number of hydrogen-bond donors (Lipinski definition) is 0. The second-order valence-electron chi connectivity index (χ2n) is 8.73. The van der Waals surface area contributed by atoms with E-state index < -0.39 is 0 Å². The van der Waals surface area contributed by atoms with Gasteiger partial charge in [-0.25, -0.2) is 0 Å². The molecular formula is C24H21NO2. The summed E-state index contributed by atoms with van der Waals surface area (Å²) in [6.07, 6.45) is 0. The summed E-state index contributed by atoms with van der Waals surface area (Å²) in [6, 6.07) is 18.6. The third-order valence-electron chi connectivity index (χ3n) is 6.57. The summed E-state index contributed by atoms with van der Waals surface area (Å²) in [5, 5.41) is 11.3. The average Bonchev–Trinajstić information content (AvgIpc) is 3.00. The molecule has 2 aliphatic carbocycles. The zero-order chi connectivity index (χ0) is 19.1. The molecule has 3 heteroatoms. The first-order valence-corrected chi connectivity index (χ1v) is 9.31. The summed E-state index contributed by atoms with van der Waals surface area (Å²) in [7, 11) is 0. The molecule has 0 heterocycles. The van der Waals surface area contributed by atoms with Gasteiger partial charge in [-0.15, -0.1) is 0 Å². The second-order valence-corrected chi connectivity index (χ2v) is 8.73. The summed E-state index contributed by atoms with van der Waals surface area (Å²) < 4.78 is 0. The zero-order valence-corrected chi connectivity index (χ0v) is 16.0. The van der Waals surface area contributed by atoms with Crippen molar-refractivity contribution in [1.29, 1.82) is 0 Å². The monoisotopic (exact) mass is 355 g/mol. The average molecular weight is 355 g/mol. The molecule has 3 aromatic carbocycles. The first-order chi connectivity index (χ1) is 12.7. The molecule has 0 spiro atoms. The minimum atomic E-state index is -0.307. The maximum atomic E-state index is 11.3. The Bertz CT molecular complexity index is 1160. The van der Waals surface area contributed by atoms with Crippen LogP contribution in [0.5, 0.6) is 0 Å². The van der Waals surface area contributed by atoms with Gasteiger partial charge in [0.1, 0.15) is 0 Å². The van der Waals surface area contributed by atoms with E-state index in [9.17, 15) is 10.1 Å². The Kier molecular flexibility index (Phi) is 2.92. The highest BCUT2D eigenvalue weighted by Gasteiger charge is 2.41. The van der Waals surface area contributed by atoms with Crippen LogP contribution in [0, 0.1) is 10.1 Å². The van der Waals surface area contributed by atoms with Crippen LogP contribution >= 0.6 is 0 Å². The van der Waals surface area contributed by atoms with Crippen LogP contribution in [0.25, 0.3) is 22.3 Å². The molecule has 27 heavy (non-hydrogen) atoms. The lowest BCUT2D eigenvalue weighted by molar-refractivity contribution is -0.384. The molecule has 0 saturated heterocycles. The minimum absolute atomic E-state index is 0.0470. The van der Waals surface area contributed by atoms with Gasteiger partial charge in [0.15, 0.2) is 0 Å². The number of nitro benzene ring substituents is 1. The first-order valence-electron chi connectivity index (χ1n) is 9.31. The molecule has 0 aromatic heterocycles. The summed E-state index contributed by atoms with van der Waals surface area (Å²) in [5.41, 5.74) is 9.79. The largest absolute Gasteiger partial charge is 0.269 e. The number of nitro groups is 1. The van der Waals surface area contributed by atoms with E-state index >= 15 is 0 Å². The van der Waals surface area contributed by atoms with Gasteiger partial charge in [0.2, 0.25) is 0 Å². The van der Waals surface area contributed by atoms with Gasteiger partial charge in [-0.2, -0.15) is 0 Å². The SMILES string of the molecule is CC1(C)c2ccccc2-c2cc3c(cc21)-c1ccc([N+](=O)[O-])cc1C3(C)C. The predicted molar refractivity (Wildman–Crippen MR) is 108 cm³/mol. The van der Waals surface area contributed by atoms with Crippen LogP contribution < -0.4 is 0 Å². The van der Waals surface area contributed by atoms with Crippen LogP contribution in [-0.4, -0.2) is 4.92 Å². The van der Waals surface area contributed by atoms with E-state index in [1.165, 1.54) is 33.4 Å². The highest BCUT2D eigenvalue weighted by atomic mass is 16.6. The fourth-order valence-electron chi connectivity index (χ4n) is 5.03. The van der Waals surface area contributed by atoms with Gasteiger partial charge >= 0.3 is 0 Å². The number of hydrogen-bond acceptors (Lipinski definition) is 2. The summed E-state index contributed by atoms with van der Waals surface area (Å²) in [6.45, 7) is 8.89. The molecule has 3 aromatic rings. The normalized spacial score (nSPS) is 17.0. The molecule has 3 nitrogen and oxygen atoms in total. The molecule has 0 unspecified atom stereocenters. The maximum absolute atomic E-state index is 11.3. The van der Waals surface area contributed by atoms with Gasteiger partial charge in [0, 0.05) is 23.0 Å². The van der Waals surface area contributed by atoms with Gasteiger partial charge < -0.3 is 0 Å². The van der Waals surface area contributed by atoms with Crippen LogP contribution in [-0.2, 0) is 10.8 Å². The quantitative estimate of drug-likeness (QED) is 0.385. The Hall–Kier alpha value is -2.94. The van der Waals surface area contributed by atoms with Gasteiger partial charge in [-0.1, -0.05) is 52.0 Å². The zero-order valence-electron chi connectivity index (χ0n) is 16.0. The highest BCUT2D eigenvalue weighted by Crippen LogP contribution is 2.56. The number of rotatable bonds is 1. The molecule has 0 N–H and O–H groups in total. The van der Waals surface area contributed by atoms with E-state index in [4.69, 9.17) is 0 Å². The minimum Gasteiger partial charge on any atom is -0.258 e. The Morgan fingerprint density at radius 1 is 0.667 bits per heavy atom. The number of non-ortho nitro benzene ring substituents is 1. The van der Waals surface area contributed by atoms with Gasteiger partial charge in [-0.3, -0.25) is 10.1 Å². The van der Waals surface area contributed by atoms with E-state index in [0.29, 0.717) is 0 Å². The molecule has 2 aliphatic rings.